The quantitative estimate of drug-likeness (QED) is 0.744. The minimum atomic E-state index is -0.258. The van der Waals surface area contributed by atoms with Crippen molar-refractivity contribution >= 4 is 28.7 Å². The smallest absolute Gasteiger partial charge is 0.328 e. The van der Waals surface area contributed by atoms with Crippen LogP contribution in [0.15, 0.2) is 53.3 Å². The molecule has 0 bridgehead atoms. The number of aromatic nitrogens is 2. The van der Waals surface area contributed by atoms with Crippen molar-refractivity contribution < 1.29 is 9.53 Å². The lowest BCUT2D eigenvalue weighted by molar-refractivity contribution is -0.111. The van der Waals surface area contributed by atoms with E-state index in [1.807, 2.05) is 30.3 Å². The molecule has 6 nitrogen and oxygen atoms in total. The topological polar surface area (TPSA) is 65.3 Å². The second-order valence-corrected chi connectivity index (χ2v) is 5.67. The number of para-hydroxylation sites is 1. The zero-order chi connectivity index (χ0) is 18.0. The van der Waals surface area contributed by atoms with Crippen molar-refractivity contribution in [1.82, 2.24) is 9.13 Å². The van der Waals surface area contributed by atoms with Gasteiger partial charge in [0.05, 0.1) is 18.1 Å². The molecule has 0 radical (unpaired) electrons. The van der Waals surface area contributed by atoms with Crippen LogP contribution in [0.1, 0.15) is 5.56 Å². The van der Waals surface area contributed by atoms with Crippen LogP contribution in [0, 0.1) is 0 Å². The maximum atomic E-state index is 12.2. The van der Waals surface area contributed by atoms with Gasteiger partial charge in [-0.05, 0) is 30.3 Å². The summed E-state index contributed by atoms with van der Waals surface area (Å²) in [5.41, 5.74) is 2.92. The third kappa shape index (κ3) is 3.19. The number of amides is 1. The van der Waals surface area contributed by atoms with E-state index in [-0.39, 0.29) is 11.6 Å². The minimum Gasteiger partial charge on any atom is -0.496 e. The van der Waals surface area contributed by atoms with Crippen molar-refractivity contribution in [2.24, 2.45) is 14.1 Å². The van der Waals surface area contributed by atoms with E-state index in [1.54, 1.807) is 48.5 Å². The molecule has 3 aromatic rings. The number of nitrogens with zero attached hydrogens (tertiary/aromatic N) is 2. The number of hydrogen-bond donors (Lipinski definition) is 1. The van der Waals surface area contributed by atoms with Crippen molar-refractivity contribution in [3.8, 4) is 5.75 Å². The molecule has 1 aromatic heterocycles. The largest absolute Gasteiger partial charge is 0.496 e. The van der Waals surface area contributed by atoms with Crippen LogP contribution in [-0.2, 0) is 18.9 Å². The number of imidazole rings is 1. The van der Waals surface area contributed by atoms with Crippen molar-refractivity contribution in [3.63, 3.8) is 0 Å². The van der Waals surface area contributed by atoms with Crippen molar-refractivity contribution in [1.29, 1.82) is 0 Å². The van der Waals surface area contributed by atoms with E-state index in [0.717, 1.165) is 16.6 Å². The highest BCUT2D eigenvalue weighted by atomic mass is 16.5. The first-order valence-electron chi connectivity index (χ1n) is 7.79. The van der Waals surface area contributed by atoms with Crippen LogP contribution in [0.25, 0.3) is 17.1 Å². The van der Waals surface area contributed by atoms with Gasteiger partial charge in [0.25, 0.3) is 0 Å². The molecule has 0 aliphatic heterocycles. The molecule has 3 rings (SSSR count). The molecule has 1 heterocycles. The van der Waals surface area contributed by atoms with Gasteiger partial charge >= 0.3 is 5.69 Å². The van der Waals surface area contributed by atoms with E-state index in [1.165, 1.54) is 6.08 Å². The second kappa shape index (κ2) is 6.68. The lowest BCUT2D eigenvalue weighted by atomic mass is 10.2. The highest BCUT2D eigenvalue weighted by Gasteiger charge is 2.08. The van der Waals surface area contributed by atoms with E-state index in [9.17, 15) is 9.59 Å². The molecule has 0 unspecified atom stereocenters. The number of methoxy groups -OCH3 is 1. The summed E-state index contributed by atoms with van der Waals surface area (Å²) in [6, 6.07) is 12.8. The zero-order valence-electron chi connectivity index (χ0n) is 14.3. The lowest BCUT2D eigenvalue weighted by Gasteiger charge is -2.05. The van der Waals surface area contributed by atoms with Gasteiger partial charge in [-0.1, -0.05) is 18.2 Å². The molecule has 0 aliphatic carbocycles. The Labute approximate surface area is 145 Å². The number of fused-ring (bicyclic) bond motifs is 1. The van der Waals surface area contributed by atoms with Gasteiger partial charge in [-0.3, -0.25) is 13.9 Å². The maximum Gasteiger partial charge on any atom is 0.328 e. The fraction of sp³-hybridized carbons (Fsp3) is 0.158. The van der Waals surface area contributed by atoms with Gasteiger partial charge in [0, 0.05) is 31.4 Å². The van der Waals surface area contributed by atoms with E-state index in [2.05, 4.69) is 5.32 Å². The van der Waals surface area contributed by atoms with Gasteiger partial charge in [0.2, 0.25) is 5.91 Å². The van der Waals surface area contributed by atoms with Crippen molar-refractivity contribution in [3.05, 3.63) is 64.6 Å². The third-order valence-electron chi connectivity index (χ3n) is 4.09. The van der Waals surface area contributed by atoms with Crippen LogP contribution < -0.4 is 15.7 Å². The third-order valence-corrected chi connectivity index (χ3v) is 4.09. The summed E-state index contributed by atoms with van der Waals surface area (Å²) in [5, 5.41) is 2.81. The average molecular weight is 337 g/mol. The van der Waals surface area contributed by atoms with Crippen LogP contribution >= 0.6 is 0 Å². The number of carbonyl (C=O) groups is 1. The SMILES string of the molecule is COc1ccccc1/C=C/C(=O)Nc1ccc2c(c1)n(C)c(=O)n2C. The number of ether oxygens (including phenoxy) is 1. The fourth-order valence-electron chi connectivity index (χ4n) is 2.74. The van der Waals surface area contributed by atoms with Crippen molar-refractivity contribution in [2.45, 2.75) is 0 Å². The lowest BCUT2D eigenvalue weighted by Crippen LogP contribution is -2.19. The molecule has 128 valence electrons. The van der Waals surface area contributed by atoms with Gasteiger partial charge in [-0.25, -0.2) is 4.79 Å². The number of anilines is 1. The average Bonchev–Trinajstić information content (AvgIpc) is 2.84. The number of nitrogens with one attached hydrogen (secondary N) is 1. The van der Waals surface area contributed by atoms with E-state index in [4.69, 9.17) is 4.74 Å². The molecule has 25 heavy (non-hydrogen) atoms. The Morgan fingerprint density at radius 2 is 1.80 bits per heavy atom. The van der Waals surface area contributed by atoms with Crippen LogP contribution in [0.4, 0.5) is 5.69 Å². The fourth-order valence-corrected chi connectivity index (χ4v) is 2.74. The Balaban J connectivity index is 1.81. The number of carbonyl (C=O) groups excluding carboxylic acids is 1. The molecular weight excluding hydrogens is 318 g/mol. The van der Waals surface area contributed by atoms with E-state index >= 15 is 0 Å². The van der Waals surface area contributed by atoms with Gasteiger partial charge in [-0.15, -0.1) is 0 Å². The Bertz CT molecular complexity index is 1030. The molecule has 0 saturated carbocycles. The molecule has 0 atom stereocenters. The van der Waals surface area contributed by atoms with Gasteiger partial charge in [-0.2, -0.15) is 0 Å². The molecule has 6 heteroatoms. The molecular formula is C19H19N3O3. The summed E-state index contributed by atoms with van der Waals surface area (Å²) >= 11 is 0. The van der Waals surface area contributed by atoms with Crippen LogP contribution in [0.5, 0.6) is 5.75 Å². The normalized spacial score (nSPS) is 11.2. The predicted molar refractivity (Wildman–Crippen MR) is 98.8 cm³/mol. The summed E-state index contributed by atoms with van der Waals surface area (Å²) in [5.74, 6) is 0.443. The molecule has 2 aromatic carbocycles. The second-order valence-electron chi connectivity index (χ2n) is 5.67. The van der Waals surface area contributed by atoms with E-state index < -0.39 is 0 Å². The van der Waals surface area contributed by atoms with Crippen LogP contribution in [0.3, 0.4) is 0 Å². The Kier molecular flexibility index (Phi) is 4.43. The zero-order valence-corrected chi connectivity index (χ0v) is 14.3. The molecule has 0 aliphatic rings. The van der Waals surface area contributed by atoms with Crippen molar-refractivity contribution in [2.75, 3.05) is 12.4 Å². The first kappa shape index (κ1) is 16.6. The molecule has 1 N–H and O–H groups in total. The Hall–Kier alpha value is -3.28. The molecule has 0 spiro atoms. The first-order chi connectivity index (χ1) is 12.0. The highest BCUT2D eigenvalue weighted by Crippen LogP contribution is 2.20. The standard InChI is InChI=1S/C19H19N3O3/c1-21-15-10-9-14(12-16(15)22(2)19(21)24)20-18(23)11-8-13-6-4-5-7-17(13)25-3/h4-12H,1-3H3,(H,20,23)/b11-8+. The maximum absolute atomic E-state index is 12.2. The summed E-state index contributed by atoms with van der Waals surface area (Å²) in [6.07, 6.45) is 3.15. The highest BCUT2D eigenvalue weighted by molar-refractivity contribution is 6.03. The summed E-state index contributed by atoms with van der Waals surface area (Å²) in [7, 11) is 5.02. The van der Waals surface area contributed by atoms with Gasteiger partial charge < -0.3 is 10.1 Å². The number of rotatable bonds is 4. The Morgan fingerprint density at radius 3 is 2.56 bits per heavy atom. The van der Waals surface area contributed by atoms with Crippen LogP contribution in [-0.4, -0.2) is 22.2 Å². The summed E-state index contributed by atoms with van der Waals surface area (Å²) in [6.45, 7) is 0. The van der Waals surface area contributed by atoms with Crippen LogP contribution in [0.2, 0.25) is 0 Å². The summed E-state index contributed by atoms with van der Waals surface area (Å²) < 4.78 is 8.38. The number of hydrogen-bond acceptors (Lipinski definition) is 3. The molecule has 0 fully saturated rings. The first-order valence-corrected chi connectivity index (χ1v) is 7.79. The molecule has 1 amide bonds. The van der Waals surface area contributed by atoms with Gasteiger partial charge in [0.15, 0.2) is 0 Å². The minimum absolute atomic E-state index is 0.102. The summed E-state index contributed by atoms with van der Waals surface area (Å²) in [4.78, 5) is 24.1. The Morgan fingerprint density at radius 1 is 1.08 bits per heavy atom. The van der Waals surface area contributed by atoms with E-state index in [0.29, 0.717) is 11.4 Å². The monoisotopic (exact) mass is 337 g/mol. The number of aryl methyl sites for hydroxylation is 2. The number of benzene rings is 2. The predicted octanol–water partition coefficient (Wildman–Crippen LogP) is 2.54. The molecule has 0 saturated heterocycles. The van der Waals surface area contributed by atoms with Gasteiger partial charge in [0.1, 0.15) is 5.75 Å².